The summed E-state index contributed by atoms with van der Waals surface area (Å²) in [5.74, 6) is 0.398. The first-order valence-corrected chi connectivity index (χ1v) is 6.26. The maximum Gasteiger partial charge on any atom is 0.242 e. The molecule has 5 heteroatoms. The molecule has 104 valence electrons. The Bertz CT molecular complexity index is 429. The van der Waals surface area contributed by atoms with Gasteiger partial charge in [0, 0.05) is 6.54 Å². The SMILES string of the molecule is CCNC(=O)C(C)NC(=O)Cc1ccc(OC)cc1. The van der Waals surface area contributed by atoms with Crippen LogP contribution in [0.1, 0.15) is 19.4 Å². The summed E-state index contributed by atoms with van der Waals surface area (Å²) in [6.07, 6.45) is 0.244. The molecule has 0 spiro atoms. The molecule has 2 N–H and O–H groups in total. The normalized spacial score (nSPS) is 11.5. The van der Waals surface area contributed by atoms with Gasteiger partial charge >= 0.3 is 0 Å². The smallest absolute Gasteiger partial charge is 0.242 e. The van der Waals surface area contributed by atoms with Crippen LogP contribution in [0.15, 0.2) is 24.3 Å². The molecule has 0 aliphatic carbocycles. The fourth-order valence-electron chi connectivity index (χ4n) is 1.61. The van der Waals surface area contributed by atoms with E-state index < -0.39 is 6.04 Å². The molecule has 0 aliphatic rings. The van der Waals surface area contributed by atoms with Crippen LogP contribution in [-0.4, -0.2) is 31.5 Å². The Balaban J connectivity index is 2.48. The zero-order valence-electron chi connectivity index (χ0n) is 11.5. The van der Waals surface area contributed by atoms with Crippen LogP contribution in [0.25, 0.3) is 0 Å². The number of likely N-dealkylation sites (N-methyl/N-ethyl adjacent to an activating group) is 1. The number of carbonyl (C=O) groups is 2. The molecule has 1 aromatic rings. The fourth-order valence-corrected chi connectivity index (χ4v) is 1.61. The maximum atomic E-state index is 11.8. The molecule has 0 saturated heterocycles. The third-order valence-electron chi connectivity index (χ3n) is 2.65. The van der Waals surface area contributed by atoms with Gasteiger partial charge in [0.2, 0.25) is 11.8 Å². The fraction of sp³-hybridized carbons (Fsp3) is 0.429. The molecule has 0 radical (unpaired) electrons. The van der Waals surface area contributed by atoms with Gasteiger partial charge in [-0.3, -0.25) is 9.59 Å². The molecule has 19 heavy (non-hydrogen) atoms. The van der Waals surface area contributed by atoms with Crippen LogP contribution in [0, 0.1) is 0 Å². The molecule has 1 rings (SSSR count). The van der Waals surface area contributed by atoms with E-state index in [1.165, 1.54) is 0 Å². The van der Waals surface area contributed by atoms with Crippen molar-refractivity contribution in [2.24, 2.45) is 0 Å². The average Bonchev–Trinajstić information content (AvgIpc) is 2.39. The molecule has 0 heterocycles. The van der Waals surface area contributed by atoms with Crippen molar-refractivity contribution in [2.45, 2.75) is 26.3 Å². The second kappa shape index (κ2) is 7.41. The lowest BCUT2D eigenvalue weighted by Crippen LogP contribution is -2.45. The molecule has 1 aromatic carbocycles. The first-order chi connectivity index (χ1) is 9.06. The van der Waals surface area contributed by atoms with Gasteiger partial charge in [-0.05, 0) is 31.5 Å². The maximum absolute atomic E-state index is 11.8. The number of ether oxygens (including phenoxy) is 1. The molecule has 1 unspecified atom stereocenters. The van der Waals surface area contributed by atoms with Gasteiger partial charge in [-0.1, -0.05) is 12.1 Å². The highest BCUT2D eigenvalue weighted by atomic mass is 16.5. The van der Waals surface area contributed by atoms with Gasteiger partial charge in [-0.25, -0.2) is 0 Å². The van der Waals surface area contributed by atoms with Crippen LogP contribution in [0.5, 0.6) is 5.75 Å². The number of benzene rings is 1. The summed E-state index contributed by atoms with van der Waals surface area (Å²) in [6, 6.07) is 6.74. The van der Waals surface area contributed by atoms with E-state index >= 15 is 0 Å². The lowest BCUT2D eigenvalue weighted by Gasteiger charge is -2.13. The van der Waals surface area contributed by atoms with Crippen molar-refractivity contribution in [1.82, 2.24) is 10.6 Å². The zero-order valence-corrected chi connectivity index (χ0v) is 11.5. The van der Waals surface area contributed by atoms with E-state index in [4.69, 9.17) is 4.74 Å². The van der Waals surface area contributed by atoms with Crippen LogP contribution in [-0.2, 0) is 16.0 Å². The zero-order chi connectivity index (χ0) is 14.3. The Morgan fingerprint density at radius 2 is 1.89 bits per heavy atom. The number of nitrogens with one attached hydrogen (secondary N) is 2. The Labute approximate surface area is 113 Å². The highest BCUT2D eigenvalue weighted by Crippen LogP contribution is 2.11. The van der Waals surface area contributed by atoms with Gasteiger partial charge < -0.3 is 15.4 Å². The van der Waals surface area contributed by atoms with Crippen LogP contribution < -0.4 is 15.4 Å². The van der Waals surface area contributed by atoms with E-state index in [1.54, 1.807) is 26.2 Å². The summed E-state index contributed by atoms with van der Waals surface area (Å²) in [5, 5.41) is 5.32. The Morgan fingerprint density at radius 3 is 2.42 bits per heavy atom. The molecule has 0 bridgehead atoms. The second-order valence-corrected chi connectivity index (χ2v) is 4.21. The van der Waals surface area contributed by atoms with Crippen LogP contribution in [0.4, 0.5) is 0 Å². The molecule has 2 amide bonds. The van der Waals surface area contributed by atoms with E-state index in [1.807, 2.05) is 19.1 Å². The largest absolute Gasteiger partial charge is 0.497 e. The summed E-state index contributed by atoms with van der Waals surface area (Å²) in [6.45, 7) is 4.05. The topological polar surface area (TPSA) is 67.4 Å². The van der Waals surface area contributed by atoms with Crippen LogP contribution in [0.2, 0.25) is 0 Å². The quantitative estimate of drug-likeness (QED) is 0.801. The predicted octanol–water partition coefficient (Wildman–Crippen LogP) is 0.878. The van der Waals surface area contributed by atoms with Crippen molar-refractivity contribution in [3.63, 3.8) is 0 Å². The summed E-state index contributed by atoms with van der Waals surface area (Å²) in [7, 11) is 1.59. The molecule has 0 fully saturated rings. The number of carbonyl (C=O) groups excluding carboxylic acids is 2. The molecule has 1 atom stereocenters. The lowest BCUT2D eigenvalue weighted by molar-refractivity contribution is -0.128. The standard InChI is InChI=1S/C14H20N2O3/c1-4-15-14(18)10(2)16-13(17)9-11-5-7-12(19-3)8-6-11/h5-8,10H,4,9H2,1-3H3,(H,15,18)(H,16,17). The monoisotopic (exact) mass is 264 g/mol. The van der Waals surface area contributed by atoms with Gasteiger partial charge in [0.25, 0.3) is 0 Å². The molecule has 5 nitrogen and oxygen atoms in total. The lowest BCUT2D eigenvalue weighted by atomic mass is 10.1. The molecular weight excluding hydrogens is 244 g/mol. The average molecular weight is 264 g/mol. The summed E-state index contributed by atoms with van der Waals surface area (Å²) < 4.78 is 5.04. The van der Waals surface area contributed by atoms with Crippen molar-refractivity contribution in [3.05, 3.63) is 29.8 Å². The van der Waals surface area contributed by atoms with E-state index in [-0.39, 0.29) is 18.2 Å². The minimum absolute atomic E-state index is 0.175. The second-order valence-electron chi connectivity index (χ2n) is 4.21. The van der Waals surface area contributed by atoms with E-state index in [2.05, 4.69) is 10.6 Å². The van der Waals surface area contributed by atoms with Crippen molar-refractivity contribution in [2.75, 3.05) is 13.7 Å². The predicted molar refractivity (Wildman–Crippen MR) is 73.0 cm³/mol. The number of amides is 2. The molecular formula is C14H20N2O3. The van der Waals surface area contributed by atoms with Gasteiger partial charge in [0.1, 0.15) is 11.8 Å². The summed E-state index contributed by atoms with van der Waals surface area (Å²) in [5.41, 5.74) is 0.876. The minimum atomic E-state index is -0.523. The number of rotatable bonds is 6. The van der Waals surface area contributed by atoms with Crippen LogP contribution in [0.3, 0.4) is 0 Å². The first-order valence-electron chi connectivity index (χ1n) is 6.26. The molecule has 0 aromatic heterocycles. The highest BCUT2D eigenvalue weighted by Gasteiger charge is 2.14. The van der Waals surface area contributed by atoms with E-state index in [9.17, 15) is 9.59 Å². The number of hydrogen-bond acceptors (Lipinski definition) is 3. The minimum Gasteiger partial charge on any atom is -0.497 e. The van der Waals surface area contributed by atoms with Crippen molar-refractivity contribution in [1.29, 1.82) is 0 Å². The van der Waals surface area contributed by atoms with E-state index in [0.717, 1.165) is 11.3 Å². The third-order valence-corrected chi connectivity index (χ3v) is 2.65. The third kappa shape index (κ3) is 4.99. The molecule has 0 saturated carbocycles. The Morgan fingerprint density at radius 1 is 1.26 bits per heavy atom. The van der Waals surface area contributed by atoms with Gasteiger partial charge in [0.05, 0.1) is 13.5 Å². The number of methoxy groups -OCH3 is 1. The van der Waals surface area contributed by atoms with Gasteiger partial charge in [-0.15, -0.1) is 0 Å². The van der Waals surface area contributed by atoms with Crippen molar-refractivity contribution < 1.29 is 14.3 Å². The highest BCUT2D eigenvalue weighted by molar-refractivity contribution is 5.88. The van der Waals surface area contributed by atoms with Crippen molar-refractivity contribution >= 4 is 11.8 Å². The molecule has 0 aliphatic heterocycles. The summed E-state index contributed by atoms with van der Waals surface area (Å²) in [4.78, 5) is 23.2. The Hall–Kier alpha value is -2.04. The number of hydrogen-bond donors (Lipinski definition) is 2. The van der Waals surface area contributed by atoms with Gasteiger partial charge in [0.15, 0.2) is 0 Å². The first kappa shape index (κ1) is 15.0. The summed E-state index contributed by atoms with van der Waals surface area (Å²) >= 11 is 0. The van der Waals surface area contributed by atoms with Crippen molar-refractivity contribution in [3.8, 4) is 5.75 Å². The van der Waals surface area contributed by atoms with Gasteiger partial charge in [-0.2, -0.15) is 0 Å². The van der Waals surface area contributed by atoms with E-state index in [0.29, 0.717) is 6.54 Å². The van der Waals surface area contributed by atoms with Crippen LogP contribution >= 0.6 is 0 Å². The Kier molecular flexibility index (Phi) is 5.85.